The number of rotatable bonds is 4. The van der Waals surface area contributed by atoms with Crippen LogP contribution in [0.3, 0.4) is 0 Å². The summed E-state index contributed by atoms with van der Waals surface area (Å²) >= 11 is 6.10. The Hall–Kier alpha value is -3.20. The first-order valence-corrected chi connectivity index (χ1v) is 9.54. The molecule has 0 unspecified atom stereocenters. The number of carbonyl (C=O) groups is 1. The van der Waals surface area contributed by atoms with Crippen LogP contribution in [0.15, 0.2) is 40.9 Å². The van der Waals surface area contributed by atoms with Gasteiger partial charge in [0.2, 0.25) is 11.7 Å². The van der Waals surface area contributed by atoms with Gasteiger partial charge in [0.15, 0.2) is 0 Å². The highest BCUT2D eigenvalue weighted by atomic mass is 35.5. The molecule has 0 aliphatic carbocycles. The van der Waals surface area contributed by atoms with Crippen LogP contribution in [0.4, 0.5) is 19.3 Å². The molecule has 1 N–H and O–H groups in total. The number of nitrogens with one attached hydrogen (secondary N) is 1. The van der Waals surface area contributed by atoms with E-state index in [0.717, 1.165) is 18.6 Å². The van der Waals surface area contributed by atoms with Gasteiger partial charge in [-0.15, -0.1) is 0 Å². The van der Waals surface area contributed by atoms with Crippen molar-refractivity contribution in [2.24, 2.45) is 0 Å². The van der Waals surface area contributed by atoms with Gasteiger partial charge in [-0.05, 0) is 43.2 Å². The highest BCUT2D eigenvalue weighted by Gasteiger charge is 2.34. The van der Waals surface area contributed by atoms with Crippen LogP contribution < -0.4 is 10.1 Å². The number of hydrogen-bond donors (Lipinski definition) is 1. The van der Waals surface area contributed by atoms with Crippen LogP contribution in [0.5, 0.6) is 5.75 Å². The van der Waals surface area contributed by atoms with Gasteiger partial charge in [-0.3, -0.25) is 0 Å². The zero-order valence-corrected chi connectivity index (χ0v) is 16.6. The molecule has 1 saturated heterocycles. The van der Waals surface area contributed by atoms with E-state index in [1.807, 2.05) is 0 Å². The number of hydrogen-bond acceptors (Lipinski definition) is 5. The van der Waals surface area contributed by atoms with Crippen LogP contribution in [-0.2, 0) is 0 Å². The third-order valence-electron chi connectivity index (χ3n) is 4.82. The van der Waals surface area contributed by atoms with Crippen LogP contribution in [0.25, 0.3) is 11.4 Å². The summed E-state index contributed by atoms with van der Waals surface area (Å²) in [6.45, 7) is 0.489. The van der Waals surface area contributed by atoms with E-state index in [1.165, 1.54) is 13.2 Å². The van der Waals surface area contributed by atoms with Crippen LogP contribution in [0.2, 0.25) is 5.02 Å². The molecule has 2 amide bonds. The third kappa shape index (κ3) is 3.93. The van der Waals surface area contributed by atoms with Gasteiger partial charge in [0.25, 0.3) is 0 Å². The summed E-state index contributed by atoms with van der Waals surface area (Å²) in [5.74, 6) is -0.803. The standard InChI is InChI=1S/C20H17ClF2N4O3/c1-29-17-7-5-12(10-14(17)21)24-20(28)27-8-2-3-16(27)19-25-18(26-30-19)13-6-4-11(22)9-15(13)23/h4-7,9-10,16H,2-3,8H2,1H3,(H,24,28)/t16-/m0/s1. The number of amides is 2. The number of nitrogens with zero attached hydrogens (tertiary/aromatic N) is 3. The zero-order valence-electron chi connectivity index (χ0n) is 15.9. The number of urea groups is 1. The van der Waals surface area contributed by atoms with Crippen molar-refractivity contribution in [1.82, 2.24) is 15.0 Å². The Morgan fingerprint density at radius 1 is 1.30 bits per heavy atom. The van der Waals surface area contributed by atoms with E-state index in [1.54, 1.807) is 23.1 Å². The van der Waals surface area contributed by atoms with E-state index in [0.29, 0.717) is 29.4 Å². The first-order valence-electron chi connectivity index (χ1n) is 9.16. The maximum absolute atomic E-state index is 14.0. The van der Waals surface area contributed by atoms with Gasteiger partial charge in [-0.2, -0.15) is 4.98 Å². The SMILES string of the molecule is COc1ccc(NC(=O)N2CCC[C@H]2c2nc(-c3ccc(F)cc3F)no2)cc1Cl. The van der Waals surface area contributed by atoms with E-state index in [4.69, 9.17) is 20.9 Å². The second kappa shape index (κ2) is 8.27. The molecule has 0 radical (unpaired) electrons. The number of carbonyl (C=O) groups excluding carboxylic acids is 1. The van der Waals surface area contributed by atoms with Crippen molar-refractivity contribution in [3.05, 3.63) is 58.9 Å². The Bertz CT molecular complexity index is 1090. The van der Waals surface area contributed by atoms with Crippen molar-refractivity contribution in [2.45, 2.75) is 18.9 Å². The maximum atomic E-state index is 14.0. The van der Waals surface area contributed by atoms with E-state index >= 15 is 0 Å². The summed E-state index contributed by atoms with van der Waals surface area (Å²) in [4.78, 5) is 18.6. The smallest absolute Gasteiger partial charge is 0.322 e. The molecular weight excluding hydrogens is 418 g/mol. The number of ether oxygens (including phenoxy) is 1. The lowest BCUT2D eigenvalue weighted by Gasteiger charge is -2.22. The lowest BCUT2D eigenvalue weighted by Crippen LogP contribution is -2.34. The number of anilines is 1. The summed E-state index contributed by atoms with van der Waals surface area (Å²) in [5, 5.41) is 6.95. The first kappa shape index (κ1) is 20.1. The molecule has 1 aliphatic rings. The molecule has 2 heterocycles. The minimum Gasteiger partial charge on any atom is -0.495 e. The van der Waals surface area contributed by atoms with Gasteiger partial charge in [-0.1, -0.05) is 16.8 Å². The average molecular weight is 435 g/mol. The molecule has 2 aromatic carbocycles. The summed E-state index contributed by atoms with van der Waals surface area (Å²) in [6.07, 6.45) is 1.36. The first-order chi connectivity index (χ1) is 14.5. The number of likely N-dealkylation sites (tertiary alicyclic amines) is 1. The second-order valence-corrected chi connectivity index (χ2v) is 7.12. The van der Waals surface area contributed by atoms with Crippen molar-refractivity contribution < 1.29 is 22.8 Å². The van der Waals surface area contributed by atoms with Crippen LogP contribution in [0, 0.1) is 11.6 Å². The van der Waals surface area contributed by atoms with Crippen LogP contribution in [-0.4, -0.2) is 34.7 Å². The predicted octanol–water partition coefficient (Wildman–Crippen LogP) is 5.05. The molecule has 3 aromatic rings. The molecule has 30 heavy (non-hydrogen) atoms. The molecule has 1 fully saturated rings. The topological polar surface area (TPSA) is 80.5 Å². The fraction of sp³-hybridized carbons (Fsp3) is 0.250. The highest BCUT2D eigenvalue weighted by molar-refractivity contribution is 6.32. The molecule has 0 bridgehead atoms. The fourth-order valence-electron chi connectivity index (χ4n) is 3.36. The minimum atomic E-state index is -0.792. The van der Waals surface area contributed by atoms with Crippen molar-refractivity contribution >= 4 is 23.3 Å². The summed E-state index contributed by atoms with van der Waals surface area (Å²) < 4.78 is 37.5. The van der Waals surface area contributed by atoms with Gasteiger partial charge in [0.05, 0.1) is 17.7 Å². The van der Waals surface area contributed by atoms with Crippen molar-refractivity contribution in [1.29, 1.82) is 0 Å². The molecule has 7 nitrogen and oxygen atoms in total. The Balaban J connectivity index is 1.52. The second-order valence-electron chi connectivity index (χ2n) is 6.71. The van der Waals surface area contributed by atoms with Gasteiger partial charge in [0.1, 0.15) is 23.4 Å². The normalized spacial score (nSPS) is 16.0. The van der Waals surface area contributed by atoms with Crippen molar-refractivity contribution in [3.63, 3.8) is 0 Å². The molecule has 0 saturated carbocycles. The lowest BCUT2D eigenvalue weighted by molar-refractivity contribution is 0.193. The molecule has 1 aliphatic heterocycles. The van der Waals surface area contributed by atoms with Gasteiger partial charge >= 0.3 is 6.03 Å². The molecule has 4 rings (SSSR count). The average Bonchev–Trinajstić information content (AvgIpc) is 3.37. The number of aromatic nitrogens is 2. The summed E-state index contributed by atoms with van der Waals surface area (Å²) in [5.41, 5.74) is 0.532. The van der Waals surface area contributed by atoms with E-state index in [-0.39, 0.29) is 23.3 Å². The Labute approximate surface area is 175 Å². The number of methoxy groups -OCH3 is 1. The molecule has 156 valence electrons. The Morgan fingerprint density at radius 3 is 2.87 bits per heavy atom. The largest absolute Gasteiger partial charge is 0.495 e. The summed E-state index contributed by atoms with van der Waals surface area (Å²) in [7, 11) is 1.50. The third-order valence-corrected chi connectivity index (χ3v) is 5.11. The number of benzene rings is 2. The minimum absolute atomic E-state index is 0.00306. The monoisotopic (exact) mass is 434 g/mol. The molecule has 0 spiro atoms. The fourth-order valence-corrected chi connectivity index (χ4v) is 3.61. The van der Waals surface area contributed by atoms with Gasteiger partial charge < -0.3 is 19.5 Å². The van der Waals surface area contributed by atoms with Gasteiger partial charge in [-0.25, -0.2) is 13.6 Å². The van der Waals surface area contributed by atoms with E-state index in [2.05, 4.69) is 15.5 Å². The Kier molecular flexibility index (Phi) is 5.54. The summed E-state index contributed by atoms with van der Waals surface area (Å²) in [6, 6.07) is 7.22. The molecule has 1 atom stereocenters. The molecular formula is C20H17ClF2N4O3. The van der Waals surface area contributed by atoms with Crippen LogP contribution >= 0.6 is 11.6 Å². The zero-order chi connectivity index (χ0) is 21.3. The van der Waals surface area contributed by atoms with Gasteiger partial charge in [0, 0.05) is 18.3 Å². The Morgan fingerprint density at radius 2 is 2.13 bits per heavy atom. The van der Waals surface area contributed by atoms with Crippen LogP contribution in [0.1, 0.15) is 24.8 Å². The van der Waals surface area contributed by atoms with Crippen molar-refractivity contribution in [3.8, 4) is 17.1 Å². The maximum Gasteiger partial charge on any atom is 0.322 e. The predicted molar refractivity (Wildman–Crippen MR) is 105 cm³/mol. The number of halogens is 3. The highest BCUT2D eigenvalue weighted by Crippen LogP contribution is 2.33. The molecule has 1 aromatic heterocycles. The lowest BCUT2D eigenvalue weighted by atomic mass is 10.2. The quantitative estimate of drug-likeness (QED) is 0.621. The van der Waals surface area contributed by atoms with E-state index < -0.39 is 17.7 Å². The van der Waals surface area contributed by atoms with Crippen molar-refractivity contribution in [2.75, 3.05) is 19.0 Å². The molecule has 10 heteroatoms. The van der Waals surface area contributed by atoms with E-state index in [9.17, 15) is 13.6 Å².